The van der Waals surface area contributed by atoms with Gasteiger partial charge in [-0.25, -0.2) is 17.1 Å². The Bertz CT molecular complexity index is 1450. The second kappa shape index (κ2) is 11.3. The van der Waals surface area contributed by atoms with Crippen LogP contribution in [0.1, 0.15) is 19.4 Å². The third-order valence-corrected chi connectivity index (χ3v) is 9.80. The zero-order valence-corrected chi connectivity index (χ0v) is 24.3. The van der Waals surface area contributed by atoms with Crippen LogP contribution in [0.3, 0.4) is 0 Å². The van der Waals surface area contributed by atoms with Gasteiger partial charge in [0.1, 0.15) is 28.6 Å². The molecule has 2 aromatic rings. The smallest absolute Gasteiger partial charge is 0.267 e. The van der Waals surface area contributed by atoms with E-state index in [1.54, 1.807) is 26.0 Å². The van der Waals surface area contributed by atoms with Gasteiger partial charge in [-0.2, -0.15) is 0 Å². The van der Waals surface area contributed by atoms with Gasteiger partial charge in [-0.05, 0) is 49.7 Å². The molecule has 0 N–H and O–H groups in total. The number of carbonyl (C=O) groups excluding carboxylic acids is 2. The van der Waals surface area contributed by atoms with E-state index in [0.717, 1.165) is 4.31 Å². The van der Waals surface area contributed by atoms with Crippen molar-refractivity contribution in [2.45, 2.75) is 43.3 Å². The Kier molecular flexibility index (Phi) is 8.13. The summed E-state index contributed by atoms with van der Waals surface area (Å²) >= 11 is 12.4. The number of hydrogen-bond donors (Lipinski definition) is 0. The van der Waals surface area contributed by atoms with Crippen molar-refractivity contribution in [3.8, 4) is 0 Å². The molecule has 0 saturated carbocycles. The summed E-state index contributed by atoms with van der Waals surface area (Å²) in [5.74, 6) is -1.12. The van der Waals surface area contributed by atoms with Crippen molar-refractivity contribution in [1.82, 2.24) is 19.0 Å². The average molecular weight is 612 g/mol. The number of rotatable bonds is 6. The minimum absolute atomic E-state index is 0.0564. The van der Waals surface area contributed by atoms with Gasteiger partial charge >= 0.3 is 0 Å². The Morgan fingerprint density at radius 1 is 1.02 bits per heavy atom. The van der Waals surface area contributed by atoms with Crippen LogP contribution < -0.4 is 0 Å². The fourth-order valence-corrected chi connectivity index (χ4v) is 7.45. The van der Waals surface area contributed by atoms with Gasteiger partial charge in [0.2, 0.25) is 11.8 Å². The van der Waals surface area contributed by atoms with Crippen molar-refractivity contribution in [2.24, 2.45) is 0 Å². The summed E-state index contributed by atoms with van der Waals surface area (Å²) in [5, 5.41) is 0.216. The number of ether oxygens (including phenoxy) is 1. The number of sulfonamides is 1. The third kappa shape index (κ3) is 5.33. The normalized spacial score (nSPS) is 22.6. The van der Waals surface area contributed by atoms with Gasteiger partial charge in [0.15, 0.2) is 0 Å². The molecule has 2 atom stereocenters. The van der Waals surface area contributed by atoms with Crippen LogP contribution in [0.5, 0.6) is 0 Å². The van der Waals surface area contributed by atoms with Crippen LogP contribution >= 0.6 is 23.2 Å². The number of hydrogen-bond acceptors (Lipinski definition) is 6. The second-order valence-corrected chi connectivity index (χ2v) is 12.8. The molecule has 40 heavy (non-hydrogen) atoms. The maximum atomic E-state index is 14.2. The highest BCUT2D eigenvalue weighted by Gasteiger charge is 2.51. The van der Waals surface area contributed by atoms with Gasteiger partial charge in [0, 0.05) is 36.8 Å². The molecule has 0 spiro atoms. The lowest BCUT2D eigenvalue weighted by Crippen LogP contribution is -2.68. The highest BCUT2D eigenvalue weighted by atomic mass is 35.5. The standard InChI is InChI=1S/C27H29Cl2FN4O5S/c1-17(2)32-16-25-33(40(37,38)24-8-5-19(28)14-21(24)29)15-23(31-9-11-39-12-10-31)27(36)34(25)22(26(32)35)13-18-3-6-20(30)7-4-18/h3-8,14,16-17,22-23H,9-13,15H2,1-2H3. The number of benzene rings is 2. The molecule has 214 valence electrons. The van der Waals surface area contributed by atoms with Gasteiger partial charge < -0.3 is 9.64 Å². The van der Waals surface area contributed by atoms with Crippen LogP contribution in [0.4, 0.5) is 4.39 Å². The molecule has 0 aromatic heterocycles. The lowest BCUT2D eigenvalue weighted by atomic mass is 9.98. The third-order valence-electron chi connectivity index (χ3n) is 7.32. The summed E-state index contributed by atoms with van der Waals surface area (Å²) in [6, 6.07) is 7.54. The largest absolute Gasteiger partial charge is 0.379 e. The van der Waals surface area contributed by atoms with Crippen LogP contribution in [0.15, 0.2) is 59.4 Å². The van der Waals surface area contributed by atoms with Crippen LogP contribution in [0.2, 0.25) is 10.0 Å². The van der Waals surface area contributed by atoms with Gasteiger partial charge in [0.05, 0.1) is 24.8 Å². The van der Waals surface area contributed by atoms with Crippen molar-refractivity contribution in [3.63, 3.8) is 0 Å². The molecule has 9 nitrogen and oxygen atoms in total. The van der Waals surface area contributed by atoms with Crippen LogP contribution in [0.25, 0.3) is 0 Å². The summed E-state index contributed by atoms with van der Waals surface area (Å²) in [6.07, 6.45) is 1.49. The van der Waals surface area contributed by atoms with Crippen molar-refractivity contribution in [2.75, 3.05) is 32.8 Å². The molecule has 0 bridgehead atoms. The van der Waals surface area contributed by atoms with Crippen LogP contribution in [-0.4, -0.2) is 90.2 Å². The molecule has 5 rings (SSSR count). The Labute approximate surface area is 242 Å². The Morgan fingerprint density at radius 2 is 1.70 bits per heavy atom. The molecule has 0 aliphatic carbocycles. The predicted octanol–water partition coefficient (Wildman–Crippen LogP) is 3.33. The molecule has 2 fully saturated rings. The van der Waals surface area contributed by atoms with E-state index in [1.807, 2.05) is 4.90 Å². The average Bonchev–Trinajstić information content (AvgIpc) is 2.91. The number of morpholine rings is 1. The summed E-state index contributed by atoms with van der Waals surface area (Å²) in [7, 11) is -4.31. The summed E-state index contributed by atoms with van der Waals surface area (Å²) in [5.41, 5.74) is 0.626. The summed E-state index contributed by atoms with van der Waals surface area (Å²) in [4.78, 5) is 32.4. The number of carbonyl (C=O) groups is 2. The quantitative estimate of drug-likeness (QED) is 0.498. The summed E-state index contributed by atoms with van der Waals surface area (Å²) in [6.45, 7) is 5.06. The van der Waals surface area contributed by atoms with E-state index >= 15 is 0 Å². The van der Waals surface area contributed by atoms with Crippen molar-refractivity contribution in [3.05, 3.63) is 75.9 Å². The Morgan fingerprint density at radius 3 is 2.33 bits per heavy atom. The topological polar surface area (TPSA) is 90.5 Å². The molecular weight excluding hydrogens is 582 g/mol. The molecule has 2 unspecified atom stereocenters. The first-order valence-corrected chi connectivity index (χ1v) is 15.1. The highest BCUT2D eigenvalue weighted by molar-refractivity contribution is 7.89. The number of fused-ring (bicyclic) bond motifs is 1. The maximum Gasteiger partial charge on any atom is 0.267 e. The van der Waals surface area contributed by atoms with E-state index in [-0.39, 0.29) is 51.6 Å². The van der Waals surface area contributed by atoms with Gasteiger partial charge in [0.25, 0.3) is 10.0 Å². The van der Waals surface area contributed by atoms with E-state index in [4.69, 9.17) is 27.9 Å². The molecule has 2 amide bonds. The van der Waals surface area contributed by atoms with E-state index in [1.165, 1.54) is 46.3 Å². The molecule has 0 radical (unpaired) electrons. The molecule has 13 heteroatoms. The molecule has 3 heterocycles. The van der Waals surface area contributed by atoms with Crippen LogP contribution in [0, 0.1) is 5.82 Å². The first-order valence-electron chi connectivity index (χ1n) is 12.9. The fourth-order valence-electron chi connectivity index (χ4n) is 5.24. The van der Waals surface area contributed by atoms with E-state index < -0.39 is 27.9 Å². The molecule has 2 aromatic carbocycles. The van der Waals surface area contributed by atoms with Gasteiger partial charge in [-0.1, -0.05) is 35.3 Å². The molecular formula is C27H29Cl2FN4O5S. The number of halogens is 3. The van der Waals surface area contributed by atoms with E-state index in [2.05, 4.69) is 0 Å². The Hall–Kier alpha value is -2.70. The molecule has 3 aliphatic rings. The highest BCUT2D eigenvalue weighted by Crippen LogP contribution is 2.37. The first-order chi connectivity index (χ1) is 19.0. The first kappa shape index (κ1) is 28.8. The van der Waals surface area contributed by atoms with Crippen molar-refractivity contribution in [1.29, 1.82) is 0 Å². The SMILES string of the molecule is CC(C)N1C=C2N(C(=O)C(N3CCOCC3)CN2S(=O)(=O)c2ccc(Cl)cc2Cl)C(Cc2ccc(F)cc2)C1=O. The second-order valence-electron chi connectivity index (χ2n) is 10.2. The zero-order valence-electron chi connectivity index (χ0n) is 22.0. The zero-order chi connectivity index (χ0) is 28.8. The van der Waals surface area contributed by atoms with Crippen LogP contribution in [-0.2, 0) is 30.8 Å². The number of amides is 2. The minimum Gasteiger partial charge on any atom is -0.379 e. The molecule has 2 saturated heterocycles. The lowest BCUT2D eigenvalue weighted by molar-refractivity contribution is -0.154. The Balaban J connectivity index is 1.66. The monoisotopic (exact) mass is 610 g/mol. The lowest BCUT2D eigenvalue weighted by Gasteiger charge is -2.51. The minimum atomic E-state index is -4.31. The fraction of sp³-hybridized carbons (Fsp3) is 0.407. The predicted molar refractivity (Wildman–Crippen MR) is 147 cm³/mol. The van der Waals surface area contributed by atoms with Crippen molar-refractivity contribution >= 4 is 45.0 Å². The van der Waals surface area contributed by atoms with Gasteiger partial charge in [-0.15, -0.1) is 0 Å². The maximum absolute atomic E-state index is 14.2. The summed E-state index contributed by atoms with van der Waals surface area (Å²) < 4.78 is 48.7. The van der Waals surface area contributed by atoms with E-state index in [9.17, 15) is 22.4 Å². The number of nitrogens with zero attached hydrogens (tertiary/aromatic N) is 4. The van der Waals surface area contributed by atoms with E-state index in [0.29, 0.717) is 31.9 Å². The molecule has 3 aliphatic heterocycles. The van der Waals surface area contributed by atoms with Crippen molar-refractivity contribution < 1.29 is 27.1 Å². The van der Waals surface area contributed by atoms with Gasteiger partial charge in [-0.3, -0.25) is 19.4 Å².